The minimum absolute atomic E-state index is 0.342. The highest BCUT2D eigenvalue weighted by Crippen LogP contribution is 2.28. The quantitative estimate of drug-likeness (QED) is 0.769. The van der Waals surface area contributed by atoms with Crippen LogP contribution in [0.3, 0.4) is 0 Å². The van der Waals surface area contributed by atoms with Crippen LogP contribution in [0.15, 0.2) is 6.20 Å². The van der Waals surface area contributed by atoms with E-state index >= 15 is 0 Å². The smallest absolute Gasteiger partial charge is 0.221 e. The van der Waals surface area contributed by atoms with Crippen molar-refractivity contribution < 1.29 is 0 Å². The second-order valence-electron chi connectivity index (χ2n) is 4.98. The summed E-state index contributed by atoms with van der Waals surface area (Å²) in [6, 6.07) is 0. The maximum atomic E-state index is 5.57. The Morgan fingerprint density at radius 3 is 2.94 bits per heavy atom. The summed E-state index contributed by atoms with van der Waals surface area (Å²) in [6.45, 7) is 2.98. The van der Waals surface area contributed by atoms with Gasteiger partial charge in [0.05, 0.1) is 0 Å². The molecule has 1 fully saturated rings. The van der Waals surface area contributed by atoms with Crippen LogP contribution >= 0.6 is 0 Å². The predicted molar refractivity (Wildman–Crippen MR) is 70.9 cm³/mol. The third kappa shape index (κ3) is 3.58. The van der Waals surface area contributed by atoms with Gasteiger partial charge in [0.15, 0.2) is 0 Å². The van der Waals surface area contributed by atoms with Crippen LogP contribution in [0.1, 0.15) is 44.1 Å². The van der Waals surface area contributed by atoms with E-state index in [9.17, 15) is 0 Å². The van der Waals surface area contributed by atoms with E-state index in [1.54, 1.807) is 6.20 Å². The van der Waals surface area contributed by atoms with Crippen LogP contribution in [-0.2, 0) is 0 Å². The lowest BCUT2D eigenvalue weighted by atomic mass is 10.0. The molecule has 1 aromatic rings. The minimum Gasteiger partial charge on any atom is -0.370 e. The predicted octanol–water partition coefficient (Wildman–Crippen LogP) is 2.75. The van der Waals surface area contributed by atoms with Gasteiger partial charge < -0.3 is 11.1 Å². The van der Waals surface area contributed by atoms with Crippen molar-refractivity contribution in [3.8, 4) is 0 Å². The molecule has 0 atom stereocenters. The Balaban J connectivity index is 1.72. The molecule has 0 unspecified atom stereocenters. The third-order valence-corrected chi connectivity index (χ3v) is 3.55. The number of nitrogen functional groups attached to an aromatic ring is 1. The van der Waals surface area contributed by atoms with Gasteiger partial charge in [0.25, 0.3) is 0 Å². The standard InChI is InChI=1S/C13H22N4/c1-10-9-16-13(14)17-12(10)15-8-4-7-11-5-2-3-6-11/h9,11H,2-8H2,1H3,(H3,14,15,16,17). The lowest BCUT2D eigenvalue weighted by Crippen LogP contribution is -2.08. The molecule has 0 radical (unpaired) electrons. The van der Waals surface area contributed by atoms with Gasteiger partial charge in [-0.05, 0) is 25.7 Å². The third-order valence-electron chi connectivity index (χ3n) is 3.55. The molecule has 0 aliphatic heterocycles. The summed E-state index contributed by atoms with van der Waals surface area (Å²) >= 11 is 0. The van der Waals surface area contributed by atoms with Crippen molar-refractivity contribution in [3.05, 3.63) is 11.8 Å². The summed E-state index contributed by atoms with van der Waals surface area (Å²) in [6.07, 6.45) is 10.0. The first-order valence-corrected chi connectivity index (χ1v) is 6.58. The Bertz CT molecular complexity index is 358. The molecule has 1 aliphatic carbocycles. The summed E-state index contributed by atoms with van der Waals surface area (Å²) in [4.78, 5) is 8.15. The number of aromatic nitrogens is 2. The monoisotopic (exact) mass is 234 g/mol. The van der Waals surface area contributed by atoms with Crippen molar-refractivity contribution in [1.29, 1.82) is 0 Å². The van der Waals surface area contributed by atoms with Crippen LogP contribution in [0.4, 0.5) is 11.8 Å². The van der Waals surface area contributed by atoms with Gasteiger partial charge in [-0.2, -0.15) is 4.98 Å². The van der Waals surface area contributed by atoms with E-state index in [1.165, 1.54) is 38.5 Å². The Hall–Kier alpha value is -1.32. The first-order chi connectivity index (χ1) is 8.25. The topological polar surface area (TPSA) is 63.8 Å². The van der Waals surface area contributed by atoms with Crippen molar-refractivity contribution >= 4 is 11.8 Å². The number of nitrogens with zero attached hydrogens (tertiary/aromatic N) is 2. The highest BCUT2D eigenvalue weighted by atomic mass is 15.1. The molecule has 17 heavy (non-hydrogen) atoms. The average molecular weight is 234 g/mol. The fourth-order valence-corrected chi connectivity index (χ4v) is 2.53. The number of hydrogen-bond donors (Lipinski definition) is 2. The molecule has 1 aliphatic rings. The maximum absolute atomic E-state index is 5.57. The Kier molecular flexibility index (Phi) is 4.18. The molecule has 1 heterocycles. The zero-order valence-corrected chi connectivity index (χ0v) is 10.6. The van der Waals surface area contributed by atoms with Gasteiger partial charge in [0.1, 0.15) is 5.82 Å². The van der Waals surface area contributed by atoms with Gasteiger partial charge in [-0.1, -0.05) is 25.7 Å². The van der Waals surface area contributed by atoms with Crippen molar-refractivity contribution in [3.63, 3.8) is 0 Å². The number of anilines is 2. The summed E-state index contributed by atoms with van der Waals surface area (Å²) in [5, 5.41) is 3.35. The first kappa shape index (κ1) is 12.1. The van der Waals surface area contributed by atoms with Gasteiger partial charge in [-0.25, -0.2) is 4.98 Å². The molecule has 0 bridgehead atoms. The molecule has 1 aromatic heterocycles. The second-order valence-corrected chi connectivity index (χ2v) is 4.98. The van der Waals surface area contributed by atoms with Crippen LogP contribution in [0, 0.1) is 12.8 Å². The molecule has 94 valence electrons. The Morgan fingerprint density at radius 1 is 1.41 bits per heavy atom. The van der Waals surface area contributed by atoms with Crippen LogP contribution in [0.2, 0.25) is 0 Å². The van der Waals surface area contributed by atoms with E-state index in [-0.39, 0.29) is 0 Å². The molecule has 0 spiro atoms. The van der Waals surface area contributed by atoms with Gasteiger partial charge in [-0.3, -0.25) is 0 Å². The normalized spacial score (nSPS) is 16.3. The molecule has 4 nitrogen and oxygen atoms in total. The molecular formula is C13H22N4. The van der Waals surface area contributed by atoms with Crippen LogP contribution in [0.25, 0.3) is 0 Å². The first-order valence-electron chi connectivity index (χ1n) is 6.58. The molecule has 0 amide bonds. The summed E-state index contributed by atoms with van der Waals surface area (Å²) in [5.74, 6) is 2.19. The second kappa shape index (κ2) is 5.84. The van der Waals surface area contributed by atoms with Gasteiger partial charge in [0.2, 0.25) is 5.95 Å². The van der Waals surface area contributed by atoms with E-state index in [1.807, 2.05) is 6.92 Å². The lowest BCUT2D eigenvalue weighted by molar-refractivity contribution is 0.491. The summed E-state index contributed by atoms with van der Waals surface area (Å²) in [7, 11) is 0. The molecule has 3 N–H and O–H groups in total. The van der Waals surface area contributed by atoms with Crippen molar-refractivity contribution in [2.75, 3.05) is 17.6 Å². The number of aryl methyl sites for hydroxylation is 1. The Morgan fingerprint density at radius 2 is 2.18 bits per heavy atom. The zero-order valence-electron chi connectivity index (χ0n) is 10.6. The number of nitrogens with two attached hydrogens (primary N) is 1. The fraction of sp³-hybridized carbons (Fsp3) is 0.692. The summed E-state index contributed by atoms with van der Waals surface area (Å²) < 4.78 is 0. The van der Waals surface area contributed by atoms with Gasteiger partial charge in [-0.15, -0.1) is 0 Å². The molecule has 0 aromatic carbocycles. The van der Waals surface area contributed by atoms with Crippen molar-refractivity contribution in [1.82, 2.24) is 9.97 Å². The van der Waals surface area contributed by atoms with E-state index in [0.29, 0.717) is 5.95 Å². The summed E-state index contributed by atoms with van der Waals surface area (Å²) in [5.41, 5.74) is 6.62. The van der Waals surface area contributed by atoms with E-state index in [4.69, 9.17) is 5.73 Å². The molecule has 4 heteroatoms. The van der Waals surface area contributed by atoms with Crippen molar-refractivity contribution in [2.24, 2.45) is 5.92 Å². The number of rotatable bonds is 5. The number of nitrogens with one attached hydrogen (secondary N) is 1. The lowest BCUT2D eigenvalue weighted by Gasteiger charge is -2.11. The molecule has 2 rings (SSSR count). The average Bonchev–Trinajstić information content (AvgIpc) is 2.82. The highest BCUT2D eigenvalue weighted by molar-refractivity contribution is 5.44. The van der Waals surface area contributed by atoms with Crippen molar-refractivity contribution in [2.45, 2.75) is 45.4 Å². The van der Waals surface area contributed by atoms with Crippen LogP contribution in [-0.4, -0.2) is 16.5 Å². The SMILES string of the molecule is Cc1cnc(N)nc1NCCCC1CCCC1. The minimum atomic E-state index is 0.342. The van der Waals surface area contributed by atoms with E-state index in [2.05, 4.69) is 15.3 Å². The largest absolute Gasteiger partial charge is 0.370 e. The number of hydrogen-bond acceptors (Lipinski definition) is 4. The fourth-order valence-electron chi connectivity index (χ4n) is 2.53. The van der Waals surface area contributed by atoms with E-state index in [0.717, 1.165) is 23.8 Å². The van der Waals surface area contributed by atoms with E-state index < -0.39 is 0 Å². The maximum Gasteiger partial charge on any atom is 0.221 e. The zero-order chi connectivity index (χ0) is 12.1. The van der Waals surface area contributed by atoms with Crippen LogP contribution < -0.4 is 11.1 Å². The van der Waals surface area contributed by atoms with Crippen LogP contribution in [0.5, 0.6) is 0 Å². The molecular weight excluding hydrogens is 212 g/mol. The Labute approximate surface area is 103 Å². The molecule has 0 saturated heterocycles. The van der Waals surface area contributed by atoms with Gasteiger partial charge >= 0.3 is 0 Å². The molecule has 1 saturated carbocycles. The van der Waals surface area contributed by atoms with Gasteiger partial charge in [0, 0.05) is 18.3 Å². The highest BCUT2D eigenvalue weighted by Gasteiger charge is 2.13.